The van der Waals surface area contributed by atoms with E-state index in [0.29, 0.717) is 0 Å². The van der Waals surface area contributed by atoms with E-state index >= 15 is 0 Å². The van der Waals surface area contributed by atoms with E-state index in [4.69, 9.17) is 5.41 Å². The molecule has 1 aliphatic heterocycles. The predicted molar refractivity (Wildman–Crippen MR) is 73.6 cm³/mol. The standard InChI is InChI=1S/C12H10F3N3O3S/c13-12(14,15)21-7-3-1-6(2-4-7)17-9(19)5-8-10(20)18-11(16)22-8/h1-4,8H,5H2,(H,17,19)(H2,16,18,20). The molecule has 1 aliphatic rings. The molecule has 118 valence electrons. The van der Waals surface area contributed by atoms with Gasteiger partial charge < -0.3 is 15.4 Å². The minimum atomic E-state index is -4.78. The number of carbonyl (C=O) groups excluding carboxylic acids is 2. The molecule has 1 fully saturated rings. The second-order valence-electron chi connectivity index (χ2n) is 4.25. The monoisotopic (exact) mass is 333 g/mol. The maximum Gasteiger partial charge on any atom is 0.573 e. The van der Waals surface area contributed by atoms with Crippen molar-refractivity contribution < 1.29 is 27.5 Å². The zero-order valence-electron chi connectivity index (χ0n) is 10.9. The van der Waals surface area contributed by atoms with Crippen LogP contribution in [0.2, 0.25) is 0 Å². The summed E-state index contributed by atoms with van der Waals surface area (Å²) < 4.78 is 39.7. The maximum absolute atomic E-state index is 12.0. The van der Waals surface area contributed by atoms with Crippen molar-refractivity contribution in [1.82, 2.24) is 5.32 Å². The van der Waals surface area contributed by atoms with E-state index in [9.17, 15) is 22.8 Å². The summed E-state index contributed by atoms with van der Waals surface area (Å²) >= 11 is 0.938. The summed E-state index contributed by atoms with van der Waals surface area (Å²) in [6.07, 6.45) is -4.91. The predicted octanol–water partition coefficient (Wildman–Crippen LogP) is 2.08. The molecule has 1 aromatic carbocycles. The fraction of sp³-hybridized carbons (Fsp3) is 0.250. The van der Waals surface area contributed by atoms with Gasteiger partial charge in [0.15, 0.2) is 5.17 Å². The highest BCUT2D eigenvalue weighted by Crippen LogP contribution is 2.25. The van der Waals surface area contributed by atoms with Gasteiger partial charge in [-0.25, -0.2) is 0 Å². The Morgan fingerprint density at radius 2 is 2.00 bits per heavy atom. The zero-order chi connectivity index (χ0) is 16.3. The van der Waals surface area contributed by atoms with Crippen LogP contribution < -0.4 is 15.4 Å². The molecule has 1 atom stereocenters. The first kappa shape index (κ1) is 16.1. The average Bonchev–Trinajstić information content (AvgIpc) is 2.68. The molecule has 0 bridgehead atoms. The number of benzene rings is 1. The van der Waals surface area contributed by atoms with Gasteiger partial charge in [-0.2, -0.15) is 0 Å². The van der Waals surface area contributed by atoms with E-state index in [0.717, 1.165) is 23.9 Å². The highest BCUT2D eigenvalue weighted by atomic mass is 32.2. The van der Waals surface area contributed by atoms with Crippen LogP contribution in [0.25, 0.3) is 0 Å². The fourth-order valence-electron chi connectivity index (χ4n) is 1.67. The number of anilines is 1. The number of amides is 2. The van der Waals surface area contributed by atoms with Crippen LogP contribution in [0.4, 0.5) is 18.9 Å². The smallest absolute Gasteiger partial charge is 0.406 e. The summed E-state index contributed by atoms with van der Waals surface area (Å²) in [5, 5.41) is 11.3. The van der Waals surface area contributed by atoms with Gasteiger partial charge in [-0.3, -0.25) is 15.0 Å². The van der Waals surface area contributed by atoms with Crippen LogP contribution in [-0.2, 0) is 9.59 Å². The Kier molecular flexibility index (Phi) is 4.59. The second-order valence-corrected chi connectivity index (χ2v) is 5.46. The number of hydrogen-bond donors (Lipinski definition) is 3. The van der Waals surface area contributed by atoms with Gasteiger partial charge in [-0.05, 0) is 24.3 Å². The Hall–Kier alpha value is -2.23. The Morgan fingerprint density at radius 3 is 2.50 bits per heavy atom. The Bertz CT molecular complexity index is 604. The molecular weight excluding hydrogens is 323 g/mol. The van der Waals surface area contributed by atoms with Crippen molar-refractivity contribution in [3.8, 4) is 5.75 Å². The Labute approximate surface area is 126 Å². The number of ether oxygens (including phenoxy) is 1. The molecule has 1 aromatic rings. The summed E-state index contributed by atoms with van der Waals surface area (Å²) in [7, 11) is 0. The van der Waals surface area contributed by atoms with Crippen LogP contribution in [0, 0.1) is 5.41 Å². The van der Waals surface area contributed by atoms with Crippen molar-refractivity contribution in [2.75, 3.05) is 5.32 Å². The van der Waals surface area contributed by atoms with Crippen molar-refractivity contribution in [3.05, 3.63) is 24.3 Å². The highest BCUT2D eigenvalue weighted by Gasteiger charge is 2.32. The number of carbonyl (C=O) groups is 2. The molecule has 1 heterocycles. The van der Waals surface area contributed by atoms with Crippen LogP contribution in [0.15, 0.2) is 24.3 Å². The molecule has 10 heteroatoms. The number of halogens is 3. The third-order valence-electron chi connectivity index (χ3n) is 2.53. The molecule has 0 aromatic heterocycles. The molecule has 22 heavy (non-hydrogen) atoms. The molecule has 0 aliphatic carbocycles. The fourth-order valence-corrected chi connectivity index (χ4v) is 2.52. The molecule has 1 saturated heterocycles. The van der Waals surface area contributed by atoms with Gasteiger partial charge in [-0.15, -0.1) is 13.2 Å². The van der Waals surface area contributed by atoms with Crippen molar-refractivity contribution in [2.45, 2.75) is 18.0 Å². The van der Waals surface area contributed by atoms with E-state index in [1.165, 1.54) is 12.1 Å². The summed E-state index contributed by atoms with van der Waals surface area (Å²) in [6, 6.07) is 4.64. The third kappa shape index (κ3) is 4.65. The highest BCUT2D eigenvalue weighted by molar-refractivity contribution is 8.15. The topological polar surface area (TPSA) is 91.3 Å². The molecule has 0 spiro atoms. The number of hydrogen-bond acceptors (Lipinski definition) is 5. The first-order valence-corrected chi connectivity index (χ1v) is 6.82. The first-order chi connectivity index (χ1) is 10.2. The lowest BCUT2D eigenvalue weighted by Gasteiger charge is -2.10. The molecule has 2 amide bonds. The molecule has 6 nitrogen and oxygen atoms in total. The van der Waals surface area contributed by atoms with Gasteiger partial charge in [0.25, 0.3) is 0 Å². The first-order valence-electron chi connectivity index (χ1n) is 5.95. The quantitative estimate of drug-likeness (QED) is 0.787. The Morgan fingerprint density at radius 1 is 1.36 bits per heavy atom. The zero-order valence-corrected chi connectivity index (χ0v) is 11.7. The van der Waals surface area contributed by atoms with Crippen molar-refractivity contribution in [1.29, 1.82) is 5.41 Å². The minimum absolute atomic E-state index is 0.0172. The number of amidine groups is 1. The number of rotatable bonds is 4. The van der Waals surface area contributed by atoms with Gasteiger partial charge >= 0.3 is 6.36 Å². The van der Waals surface area contributed by atoms with E-state index in [1.807, 2.05) is 0 Å². The number of thioether (sulfide) groups is 1. The van der Waals surface area contributed by atoms with Crippen molar-refractivity contribution >= 4 is 34.4 Å². The summed E-state index contributed by atoms with van der Waals surface area (Å²) in [4.78, 5) is 23.1. The van der Waals surface area contributed by atoms with Crippen molar-refractivity contribution in [2.24, 2.45) is 0 Å². The third-order valence-corrected chi connectivity index (χ3v) is 3.53. The van der Waals surface area contributed by atoms with Crippen LogP contribution in [0.5, 0.6) is 5.75 Å². The Balaban J connectivity index is 1.89. The van der Waals surface area contributed by atoms with Crippen LogP contribution in [0.1, 0.15) is 6.42 Å². The summed E-state index contributed by atoms with van der Waals surface area (Å²) in [5.74, 6) is -1.30. The lowest BCUT2D eigenvalue weighted by molar-refractivity contribution is -0.274. The largest absolute Gasteiger partial charge is 0.573 e. The second kappa shape index (κ2) is 6.26. The van der Waals surface area contributed by atoms with Crippen molar-refractivity contribution in [3.63, 3.8) is 0 Å². The van der Waals surface area contributed by atoms with Crippen LogP contribution >= 0.6 is 11.8 Å². The number of alkyl halides is 3. The van der Waals surface area contributed by atoms with Crippen LogP contribution in [-0.4, -0.2) is 28.6 Å². The van der Waals surface area contributed by atoms with Crippen LogP contribution in [0.3, 0.4) is 0 Å². The SMILES string of the molecule is N=C1NC(=O)C(CC(=O)Nc2ccc(OC(F)(F)F)cc2)S1. The summed E-state index contributed by atoms with van der Waals surface area (Å²) in [5.41, 5.74) is 0.276. The normalized spacial score (nSPS) is 18.0. The van der Waals surface area contributed by atoms with E-state index < -0.39 is 29.2 Å². The number of nitrogens with one attached hydrogen (secondary N) is 3. The molecule has 1 unspecified atom stereocenters. The summed E-state index contributed by atoms with van der Waals surface area (Å²) in [6.45, 7) is 0. The lowest BCUT2D eigenvalue weighted by Crippen LogP contribution is -2.27. The molecule has 0 saturated carbocycles. The van der Waals surface area contributed by atoms with E-state index in [1.54, 1.807) is 0 Å². The molecule has 2 rings (SSSR count). The average molecular weight is 333 g/mol. The molecule has 3 N–H and O–H groups in total. The molecule has 0 radical (unpaired) electrons. The molecular formula is C12H10F3N3O3S. The van der Waals surface area contributed by atoms with Gasteiger partial charge in [0.2, 0.25) is 11.8 Å². The van der Waals surface area contributed by atoms with Gasteiger partial charge in [0.05, 0.1) is 0 Å². The maximum atomic E-state index is 12.0. The van der Waals surface area contributed by atoms with Gasteiger partial charge in [0, 0.05) is 12.1 Å². The van der Waals surface area contributed by atoms with E-state index in [2.05, 4.69) is 15.4 Å². The lowest BCUT2D eigenvalue weighted by atomic mass is 10.2. The van der Waals surface area contributed by atoms with E-state index in [-0.39, 0.29) is 17.3 Å². The minimum Gasteiger partial charge on any atom is -0.406 e. The van der Waals surface area contributed by atoms with Gasteiger partial charge in [-0.1, -0.05) is 11.8 Å². The van der Waals surface area contributed by atoms with Gasteiger partial charge in [0.1, 0.15) is 11.0 Å².